The van der Waals surface area contributed by atoms with Gasteiger partial charge < -0.3 is 9.16 Å². The van der Waals surface area contributed by atoms with Crippen molar-refractivity contribution in [2.75, 3.05) is 13.7 Å². The first-order valence-electron chi connectivity index (χ1n) is 9.01. The molecule has 0 unspecified atom stereocenters. The van der Waals surface area contributed by atoms with E-state index >= 15 is 0 Å². The van der Waals surface area contributed by atoms with Gasteiger partial charge in [0.1, 0.15) is 0 Å². The lowest BCUT2D eigenvalue weighted by atomic mass is 10.1. The van der Waals surface area contributed by atoms with E-state index in [1.54, 1.807) is 0 Å². The quantitative estimate of drug-likeness (QED) is 0.204. The summed E-state index contributed by atoms with van der Waals surface area (Å²) in [6.45, 7) is 14.2. The third kappa shape index (κ3) is 9.98. The van der Waals surface area contributed by atoms with Gasteiger partial charge in [-0.2, -0.15) is 0 Å². The third-order valence-electron chi connectivity index (χ3n) is 4.83. The maximum absolute atomic E-state index is 11.2. The summed E-state index contributed by atoms with van der Waals surface area (Å²) in [7, 11) is -0.133. The van der Waals surface area contributed by atoms with Gasteiger partial charge in [-0.3, -0.25) is 0 Å². The van der Waals surface area contributed by atoms with Crippen molar-refractivity contribution in [3.63, 3.8) is 0 Å². The summed E-state index contributed by atoms with van der Waals surface area (Å²) in [5.74, 6) is -0.216. The van der Waals surface area contributed by atoms with Crippen molar-refractivity contribution >= 4 is 14.3 Å². The van der Waals surface area contributed by atoms with Crippen LogP contribution in [0.2, 0.25) is 18.1 Å². The van der Waals surface area contributed by atoms with Gasteiger partial charge in [-0.15, -0.1) is 0 Å². The zero-order chi connectivity index (χ0) is 17.9. The summed E-state index contributed by atoms with van der Waals surface area (Å²) in [6, 6.07) is 0. The number of ether oxygens (including phenoxy) is 1. The maximum Gasteiger partial charge on any atom is 0.333 e. The molecule has 0 fully saturated rings. The number of unbranched alkanes of at least 4 members (excludes halogenated alkanes) is 6. The lowest BCUT2D eigenvalue weighted by molar-refractivity contribution is -0.136. The molecule has 0 N–H and O–H groups in total. The summed E-state index contributed by atoms with van der Waals surface area (Å²) in [4.78, 5) is 11.2. The highest BCUT2D eigenvalue weighted by Gasteiger charge is 2.36. The topological polar surface area (TPSA) is 35.5 Å². The van der Waals surface area contributed by atoms with E-state index in [0.717, 1.165) is 25.0 Å². The number of rotatable bonds is 11. The molecule has 0 rings (SSSR count). The second kappa shape index (κ2) is 11.0. The first kappa shape index (κ1) is 22.4. The largest absolute Gasteiger partial charge is 0.466 e. The minimum Gasteiger partial charge on any atom is -0.466 e. The minimum atomic E-state index is -1.56. The summed E-state index contributed by atoms with van der Waals surface area (Å²) in [5, 5.41) is 0.308. The molecule has 0 amide bonds. The molecule has 0 aromatic rings. The SMILES string of the molecule is COC(=O)/C(C)=C/CCCCCCCCO[Si](C)(C)C(C)(C)C. The number of methoxy groups -OCH3 is 1. The lowest BCUT2D eigenvalue weighted by Crippen LogP contribution is -2.40. The van der Waals surface area contributed by atoms with E-state index in [1.165, 1.54) is 39.2 Å². The predicted octanol–water partition coefficient (Wildman–Crippen LogP) is 5.86. The zero-order valence-corrected chi connectivity index (χ0v) is 17.5. The highest BCUT2D eigenvalue weighted by atomic mass is 28.4. The Balaban J connectivity index is 3.56. The summed E-state index contributed by atoms with van der Waals surface area (Å²) >= 11 is 0. The Hall–Kier alpha value is -0.613. The number of hydrogen-bond acceptors (Lipinski definition) is 3. The molecular weight excluding hydrogens is 304 g/mol. The Labute approximate surface area is 145 Å². The van der Waals surface area contributed by atoms with Crippen molar-refractivity contribution in [1.29, 1.82) is 0 Å². The van der Waals surface area contributed by atoms with Crippen LogP contribution in [0.3, 0.4) is 0 Å². The van der Waals surface area contributed by atoms with E-state index < -0.39 is 8.32 Å². The molecule has 0 spiro atoms. The van der Waals surface area contributed by atoms with Crippen LogP contribution in [-0.4, -0.2) is 28.0 Å². The monoisotopic (exact) mass is 342 g/mol. The normalized spacial score (nSPS) is 13.3. The number of allylic oxidation sites excluding steroid dienone is 1. The van der Waals surface area contributed by atoms with Crippen molar-refractivity contribution < 1.29 is 14.0 Å². The first-order chi connectivity index (χ1) is 10.6. The smallest absolute Gasteiger partial charge is 0.333 e. The number of carbonyl (C=O) groups is 1. The lowest BCUT2D eigenvalue weighted by Gasteiger charge is -2.36. The Morgan fingerprint density at radius 3 is 2.04 bits per heavy atom. The van der Waals surface area contributed by atoms with Gasteiger partial charge in [0, 0.05) is 12.2 Å². The zero-order valence-electron chi connectivity index (χ0n) is 16.5. The molecule has 0 aromatic carbocycles. The molecule has 0 aliphatic rings. The number of hydrogen-bond donors (Lipinski definition) is 0. The van der Waals surface area contributed by atoms with Crippen LogP contribution in [-0.2, 0) is 14.0 Å². The van der Waals surface area contributed by atoms with Crippen molar-refractivity contribution in [3.05, 3.63) is 11.6 Å². The van der Waals surface area contributed by atoms with Gasteiger partial charge in [-0.05, 0) is 44.3 Å². The second-order valence-corrected chi connectivity index (χ2v) is 12.7. The molecule has 0 radical (unpaired) electrons. The molecule has 0 aromatic heterocycles. The third-order valence-corrected chi connectivity index (χ3v) is 9.36. The predicted molar refractivity (Wildman–Crippen MR) is 101 cm³/mol. The van der Waals surface area contributed by atoms with Gasteiger partial charge in [0.2, 0.25) is 0 Å². The van der Waals surface area contributed by atoms with Crippen LogP contribution in [0.15, 0.2) is 11.6 Å². The molecular formula is C19H38O3Si. The molecule has 0 saturated heterocycles. The Morgan fingerprint density at radius 1 is 1.00 bits per heavy atom. The molecule has 3 nitrogen and oxygen atoms in total. The molecule has 0 aliphatic heterocycles. The van der Waals surface area contributed by atoms with Crippen molar-refractivity contribution in [3.8, 4) is 0 Å². The van der Waals surface area contributed by atoms with Crippen LogP contribution >= 0.6 is 0 Å². The minimum absolute atomic E-state index is 0.216. The molecule has 0 heterocycles. The van der Waals surface area contributed by atoms with Crippen LogP contribution in [0.1, 0.15) is 72.6 Å². The van der Waals surface area contributed by atoms with E-state index in [1.807, 2.05) is 13.0 Å². The van der Waals surface area contributed by atoms with E-state index in [-0.39, 0.29) is 5.97 Å². The van der Waals surface area contributed by atoms with Crippen LogP contribution in [0.5, 0.6) is 0 Å². The highest BCUT2D eigenvalue weighted by Crippen LogP contribution is 2.36. The fourth-order valence-corrected chi connectivity index (χ4v) is 3.15. The van der Waals surface area contributed by atoms with Crippen LogP contribution < -0.4 is 0 Å². The van der Waals surface area contributed by atoms with Gasteiger partial charge in [-0.1, -0.05) is 52.5 Å². The van der Waals surface area contributed by atoms with Gasteiger partial charge in [0.05, 0.1) is 7.11 Å². The Bertz CT molecular complexity index is 367. The van der Waals surface area contributed by atoms with E-state index in [4.69, 9.17) is 4.43 Å². The van der Waals surface area contributed by atoms with Gasteiger partial charge >= 0.3 is 5.97 Å². The molecule has 23 heavy (non-hydrogen) atoms. The summed E-state index contributed by atoms with van der Waals surface area (Å²) in [5.41, 5.74) is 0.718. The maximum atomic E-state index is 11.2. The molecule has 0 aliphatic carbocycles. The van der Waals surface area contributed by atoms with E-state index in [0.29, 0.717) is 5.04 Å². The van der Waals surface area contributed by atoms with Crippen molar-refractivity contribution in [2.24, 2.45) is 0 Å². The van der Waals surface area contributed by atoms with Crippen LogP contribution in [0, 0.1) is 0 Å². The molecule has 0 bridgehead atoms. The van der Waals surface area contributed by atoms with Crippen molar-refractivity contribution in [1.82, 2.24) is 0 Å². The van der Waals surface area contributed by atoms with Crippen LogP contribution in [0.25, 0.3) is 0 Å². The standard InChI is InChI=1S/C19H38O3Si/c1-17(18(20)21-5)15-13-11-9-8-10-12-14-16-22-23(6,7)19(2,3)4/h15H,8-14,16H2,1-7H3/b17-15+. The van der Waals surface area contributed by atoms with E-state index in [2.05, 4.69) is 38.6 Å². The van der Waals surface area contributed by atoms with Gasteiger partial charge in [0.15, 0.2) is 8.32 Å². The Kier molecular flexibility index (Phi) is 10.7. The summed E-state index contributed by atoms with van der Waals surface area (Å²) < 4.78 is 10.9. The molecule has 136 valence electrons. The number of esters is 1. The summed E-state index contributed by atoms with van der Waals surface area (Å²) in [6.07, 6.45) is 10.3. The van der Waals surface area contributed by atoms with E-state index in [9.17, 15) is 4.79 Å². The highest BCUT2D eigenvalue weighted by molar-refractivity contribution is 6.74. The van der Waals surface area contributed by atoms with Gasteiger partial charge in [-0.25, -0.2) is 4.79 Å². The molecule has 0 atom stereocenters. The molecule has 0 saturated carbocycles. The Morgan fingerprint density at radius 2 is 1.52 bits per heavy atom. The average molecular weight is 343 g/mol. The van der Waals surface area contributed by atoms with Crippen molar-refractivity contribution in [2.45, 2.75) is 90.8 Å². The average Bonchev–Trinajstić information content (AvgIpc) is 2.46. The fourth-order valence-electron chi connectivity index (χ4n) is 2.06. The first-order valence-corrected chi connectivity index (χ1v) is 11.9. The fraction of sp³-hybridized carbons (Fsp3) is 0.842. The number of carbonyl (C=O) groups excluding carboxylic acids is 1. The van der Waals surface area contributed by atoms with Crippen LogP contribution in [0.4, 0.5) is 0 Å². The molecule has 4 heteroatoms. The second-order valence-electron chi connectivity index (χ2n) is 7.90. The van der Waals surface area contributed by atoms with Gasteiger partial charge in [0.25, 0.3) is 0 Å².